The molecule has 0 aliphatic carbocycles. The lowest BCUT2D eigenvalue weighted by Gasteiger charge is -1.98. The summed E-state index contributed by atoms with van der Waals surface area (Å²) in [5, 5.41) is 0.971. The molecule has 6 heteroatoms. The molecule has 15 heavy (non-hydrogen) atoms. The molecule has 0 heterocycles. The Morgan fingerprint density at radius 1 is 1.13 bits per heavy atom. The summed E-state index contributed by atoms with van der Waals surface area (Å²) in [5.41, 5.74) is 2.61. The van der Waals surface area contributed by atoms with E-state index >= 15 is 0 Å². The molecule has 0 radical (unpaired) electrons. The van der Waals surface area contributed by atoms with Gasteiger partial charge in [-0.1, -0.05) is 30.3 Å². The Morgan fingerprint density at radius 2 is 1.80 bits per heavy atom. The number of hydrogen-bond donors (Lipinski definition) is 2. The first-order valence-corrected chi connectivity index (χ1v) is 5.63. The first-order chi connectivity index (χ1) is 7.14. The standard InChI is InChI=1S/C9H10N2O3S/c12-8-10-11-15(13,14)7-6-9-4-2-1-3-5-9/h1-8,11H,(H,10,12)/b7-6-. The number of nitrogens with one attached hydrogen (secondary N) is 2. The molecule has 0 bridgehead atoms. The Hall–Kier alpha value is -1.66. The van der Waals surface area contributed by atoms with E-state index in [4.69, 9.17) is 0 Å². The second-order valence-corrected chi connectivity index (χ2v) is 4.19. The van der Waals surface area contributed by atoms with E-state index < -0.39 is 10.0 Å². The normalized spacial score (nSPS) is 11.5. The Bertz CT molecular complexity index is 440. The number of benzene rings is 1. The highest BCUT2D eigenvalue weighted by molar-refractivity contribution is 7.92. The fourth-order valence-corrected chi connectivity index (χ4v) is 1.49. The molecule has 1 amide bonds. The van der Waals surface area contributed by atoms with Crippen molar-refractivity contribution in [3.05, 3.63) is 41.3 Å². The Labute approximate surface area is 87.8 Å². The van der Waals surface area contributed by atoms with Crippen LogP contribution in [0.5, 0.6) is 0 Å². The van der Waals surface area contributed by atoms with Gasteiger partial charge in [0.15, 0.2) is 0 Å². The fraction of sp³-hybridized carbons (Fsp3) is 0. The summed E-state index contributed by atoms with van der Waals surface area (Å²) in [6.45, 7) is 0. The minimum absolute atomic E-state index is 0.244. The average molecular weight is 226 g/mol. The Kier molecular flexibility index (Phi) is 4.02. The van der Waals surface area contributed by atoms with Gasteiger partial charge in [-0.3, -0.25) is 10.2 Å². The lowest BCUT2D eigenvalue weighted by molar-refractivity contribution is -0.109. The minimum atomic E-state index is -3.61. The number of hydrazine groups is 1. The quantitative estimate of drug-likeness (QED) is 0.557. The van der Waals surface area contributed by atoms with Gasteiger partial charge >= 0.3 is 0 Å². The molecule has 5 nitrogen and oxygen atoms in total. The largest absolute Gasteiger partial charge is 0.280 e. The zero-order chi connectivity index (χ0) is 11.1. The number of hydrogen-bond acceptors (Lipinski definition) is 3. The molecule has 0 aromatic heterocycles. The van der Waals surface area contributed by atoms with E-state index in [0.717, 1.165) is 11.0 Å². The zero-order valence-electron chi connectivity index (χ0n) is 7.75. The summed E-state index contributed by atoms with van der Waals surface area (Å²) in [6, 6.07) is 8.95. The van der Waals surface area contributed by atoms with Crippen molar-refractivity contribution in [1.29, 1.82) is 0 Å². The van der Waals surface area contributed by atoms with Gasteiger partial charge in [-0.15, -0.1) is 4.83 Å². The van der Waals surface area contributed by atoms with Crippen LogP contribution in [0.4, 0.5) is 0 Å². The number of rotatable bonds is 5. The van der Waals surface area contributed by atoms with Crippen LogP contribution in [0.25, 0.3) is 6.08 Å². The van der Waals surface area contributed by atoms with Crippen molar-refractivity contribution in [2.45, 2.75) is 0 Å². The molecule has 2 N–H and O–H groups in total. The summed E-state index contributed by atoms with van der Waals surface area (Å²) < 4.78 is 22.3. The lowest BCUT2D eigenvalue weighted by Crippen LogP contribution is -2.34. The van der Waals surface area contributed by atoms with Gasteiger partial charge in [-0.05, 0) is 11.6 Å². The van der Waals surface area contributed by atoms with E-state index in [2.05, 4.69) is 0 Å². The van der Waals surface area contributed by atoms with Gasteiger partial charge in [-0.25, -0.2) is 8.42 Å². The first kappa shape index (κ1) is 11.4. The van der Waals surface area contributed by atoms with Gasteiger partial charge in [0.1, 0.15) is 0 Å². The second kappa shape index (κ2) is 5.28. The molecule has 0 fully saturated rings. The average Bonchev–Trinajstić information content (AvgIpc) is 2.25. The van der Waals surface area contributed by atoms with Gasteiger partial charge in [0, 0.05) is 5.41 Å². The summed E-state index contributed by atoms with van der Waals surface area (Å²) in [7, 11) is -3.61. The monoisotopic (exact) mass is 226 g/mol. The van der Waals surface area contributed by atoms with Crippen LogP contribution in [0, 0.1) is 0 Å². The highest BCUT2D eigenvalue weighted by atomic mass is 32.2. The van der Waals surface area contributed by atoms with E-state index in [0.29, 0.717) is 0 Å². The highest BCUT2D eigenvalue weighted by Gasteiger charge is 2.01. The van der Waals surface area contributed by atoms with Crippen molar-refractivity contribution in [3.63, 3.8) is 0 Å². The van der Waals surface area contributed by atoms with Gasteiger partial charge in [0.25, 0.3) is 10.0 Å². The zero-order valence-corrected chi connectivity index (χ0v) is 8.57. The molecule has 0 saturated heterocycles. The lowest BCUT2D eigenvalue weighted by atomic mass is 10.2. The third kappa shape index (κ3) is 4.39. The van der Waals surface area contributed by atoms with Crippen LogP contribution in [0.1, 0.15) is 5.56 Å². The number of sulfonamides is 1. The molecule has 0 unspecified atom stereocenters. The Morgan fingerprint density at radius 3 is 2.40 bits per heavy atom. The van der Waals surface area contributed by atoms with E-state index in [-0.39, 0.29) is 6.41 Å². The van der Waals surface area contributed by atoms with Crippen LogP contribution in [-0.2, 0) is 14.8 Å². The SMILES string of the molecule is O=CNNS(=O)(=O)/C=C\c1ccccc1. The molecule has 0 spiro atoms. The summed E-state index contributed by atoms with van der Waals surface area (Å²) >= 11 is 0. The second-order valence-electron chi connectivity index (χ2n) is 2.62. The van der Waals surface area contributed by atoms with Crippen molar-refractivity contribution in [1.82, 2.24) is 10.3 Å². The third-order valence-electron chi connectivity index (χ3n) is 1.50. The summed E-state index contributed by atoms with van der Waals surface area (Å²) in [6.07, 6.45) is 1.67. The third-order valence-corrected chi connectivity index (χ3v) is 2.40. The molecule has 80 valence electrons. The molecule has 1 aromatic carbocycles. The molecule has 1 rings (SSSR count). The molecule has 0 atom stereocenters. The maximum Gasteiger partial charge on any atom is 0.250 e. The van der Waals surface area contributed by atoms with Crippen molar-refractivity contribution in [3.8, 4) is 0 Å². The van der Waals surface area contributed by atoms with E-state index in [1.807, 2.05) is 16.3 Å². The summed E-state index contributed by atoms with van der Waals surface area (Å²) in [4.78, 5) is 11.7. The van der Waals surface area contributed by atoms with Gasteiger partial charge in [0.05, 0.1) is 0 Å². The van der Waals surface area contributed by atoms with Crippen molar-refractivity contribution < 1.29 is 13.2 Å². The topological polar surface area (TPSA) is 75.3 Å². The van der Waals surface area contributed by atoms with Gasteiger partial charge in [0.2, 0.25) is 6.41 Å². The predicted octanol–water partition coefficient (Wildman–Crippen LogP) is 0.238. The van der Waals surface area contributed by atoms with Crippen LogP contribution < -0.4 is 10.3 Å². The molecular formula is C9H10N2O3S. The number of carbonyl (C=O) groups excluding carboxylic acids is 1. The molecule has 0 saturated carbocycles. The predicted molar refractivity (Wildman–Crippen MR) is 56.7 cm³/mol. The van der Waals surface area contributed by atoms with E-state index in [9.17, 15) is 13.2 Å². The maximum absolute atomic E-state index is 11.1. The molecule has 0 aliphatic heterocycles. The highest BCUT2D eigenvalue weighted by Crippen LogP contribution is 2.01. The summed E-state index contributed by atoms with van der Waals surface area (Å²) in [5.74, 6) is 0. The van der Waals surface area contributed by atoms with Crippen LogP contribution in [-0.4, -0.2) is 14.8 Å². The molecule has 0 aliphatic rings. The van der Waals surface area contributed by atoms with Crippen molar-refractivity contribution >= 4 is 22.5 Å². The molecular weight excluding hydrogens is 216 g/mol. The van der Waals surface area contributed by atoms with Gasteiger partial charge < -0.3 is 0 Å². The molecule has 1 aromatic rings. The van der Waals surface area contributed by atoms with Crippen LogP contribution >= 0.6 is 0 Å². The van der Waals surface area contributed by atoms with Crippen molar-refractivity contribution in [2.24, 2.45) is 0 Å². The van der Waals surface area contributed by atoms with Crippen LogP contribution in [0.2, 0.25) is 0 Å². The van der Waals surface area contributed by atoms with Gasteiger partial charge in [-0.2, -0.15) is 0 Å². The minimum Gasteiger partial charge on any atom is -0.280 e. The van der Waals surface area contributed by atoms with Crippen molar-refractivity contribution in [2.75, 3.05) is 0 Å². The Balaban J connectivity index is 2.69. The van der Waals surface area contributed by atoms with E-state index in [1.165, 1.54) is 6.08 Å². The number of amides is 1. The fourth-order valence-electron chi connectivity index (χ4n) is 0.873. The van der Waals surface area contributed by atoms with Crippen LogP contribution in [0.15, 0.2) is 35.7 Å². The first-order valence-electron chi connectivity index (χ1n) is 4.08. The number of carbonyl (C=O) groups is 1. The maximum atomic E-state index is 11.1. The van der Waals surface area contributed by atoms with Crippen LogP contribution in [0.3, 0.4) is 0 Å². The smallest absolute Gasteiger partial charge is 0.250 e. The van der Waals surface area contributed by atoms with E-state index in [1.54, 1.807) is 24.3 Å².